The summed E-state index contributed by atoms with van der Waals surface area (Å²) in [6, 6.07) is 2.90. The SMILES string of the molecule is CC(C)C(=Cc1ccc([N+](=O)[O-])o1)CN. The first kappa shape index (κ1) is 11.5. The molecule has 0 aromatic carbocycles. The van der Waals surface area contributed by atoms with E-state index in [1.165, 1.54) is 6.07 Å². The molecule has 0 unspecified atom stereocenters. The monoisotopic (exact) mass is 210 g/mol. The van der Waals surface area contributed by atoms with Crippen LogP contribution in [0, 0.1) is 16.0 Å². The molecular weight excluding hydrogens is 196 g/mol. The molecule has 0 fully saturated rings. The fourth-order valence-electron chi connectivity index (χ4n) is 1.16. The van der Waals surface area contributed by atoms with Crippen LogP contribution >= 0.6 is 0 Å². The fourth-order valence-corrected chi connectivity index (χ4v) is 1.16. The Bertz CT molecular complexity index is 380. The molecule has 0 spiro atoms. The fraction of sp³-hybridized carbons (Fsp3) is 0.400. The number of nitrogens with two attached hydrogens (primary N) is 1. The predicted octanol–water partition coefficient (Wildman–Crippen LogP) is 2.19. The molecule has 1 rings (SSSR count). The molecule has 0 saturated heterocycles. The van der Waals surface area contributed by atoms with Crippen LogP contribution in [0.3, 0.4) is 0 Å². The molecule has 0 aliphatic heterocycles. The van der Waals surface area contributed by atoms with Crippen molar-refractivity contribution in [1.82, 2.24) is 0 Å². The second-order valence-corrected chi connectivity index (χ2v) is 3.51. The Morgan fingerprint density at radius 3 is 2.73 bits per heavy atom. The smallest absolute Gasteiger partial charge is 0.401 e. The van der Waals surface area contributed by atoms with E-state index in [1.54, 1.807) is 12.1 Å². The Balaban J connectivity index is 2.92. The van der Waals surface area contributed by atoms with E-state index in [0.717, 1.165) is 5.57 Å². The van der Waals surface area contributed by atoms with E-state index in [9.17, 15) is 10.1 Å². The molecule has 0 bridgehead atoms. The highest BCUT2D eigenvalue weighted by Gasteiger charge is 2.11. The first-order valence-corrected chi connectivity index (χ1v) is 4.69. The largest absolute Gasteiger partial charge is 0.433 e. The van der Waals surface area contributed by atoms with E-state index in [2.05, 4.69) is 0 Å². The predicted molar refractivity (Wildman–Crippen MR) is 57.2 cm³/mol. The van der Waals surface area contributed by atoms with E-state index >= 15 is 0 Å². The van der Waals surface area contributed by atoms with Crippen molar-refractivity contribution in [3.8, 4) is 0 Å². The molecule has 0 radical (unpaired) electrons. The second kappa shape index (κ2) is 4.75. The zero-order valence-electron chi connectivity index (χ0n) is 8.77. The van der Waals surface area contributed by atoms with Crippen LogP contribution in [0.15, 0.2) is 22.1 Å². The quantitative estimate of drug-likeness (QED) is 0.610. The average molecular weight is 210 g/mol. The van der Waals surface area contributed by atoms with Crippen LogP contribution < -0.4 is 5.73 Å². The van der Waals surface area contributed by atoms with Gasteiger partial charge >= 0.3 is 5.88 Å². The summed E-state index contributed by atoms with van der Waals surface area (Å²) >= 11 is 0. The van der Waals surface area contributed by atoms with Gasteiger partial charge in [0.2, 0.25) is 0 Å². The van der Waals surface area contributed by atoms with E-state index in [1.807, 2.05) is 13.8 Å². The number of hydrogen-bond acceptors (Lipinski definition) is 4. The van der Waals surface area contributed by atoms with Gasteiger partial charge in [-0.2, -0.15) is 0 Å². The maximum Gasteiger partial charge on any atom is 0.433 e. The van der Waals surface area contributed by atoms with Crippen molar-refractivity contribution in [1.29, 1.82) is 0 Å². The van der Waals surface area contributed by atoms with Crippen LogP contribution in [-0.2, 0) is 0 Å². The lowest BCUT2D eigenvalue weighted by Crippen LogP contribution is -2.07. The van der Waals surface area contributed by atoms with E-state index in [-0.39, 0.29) is 5.88 Å². The average Bonchev–Trinajstić information content (AvgIpc) is 2.61. The zero-order chi connectivity index (χ0) is 11.4. The molecule has 1 heterocycles. The van der Waals surface area contributed by atoms with Crippen molar-refractivity contribution in [2.75, 3.05) is 6.54 Å². The number of nitro groups is 1. The van der Waals surface area contributed by atoms with E-state index in [4.69, 9.17) is 10.2 Å². The van der Waals surface area contributed by atoms with Gasteiger partial charge in [-0.05, 0) is 18.1 Å². The third-order valence-electron chi connectivity index (χ3n) is 2.10. The Kier molecular flexibility index (Phi) is 3.62. The van der Waals surface area contributed by atoms with Gasteiger partial charge in [0.25, 0.3) is 0 Å². The minimum absolute atomic E-state index is 0.249. The van der Waals surface area contributed by atoms with Crippen LogP contribution in [-0.4, -0.2) is 11.5 Å². The lowest BCUT2D eigenvalue weighted by Gasteiger charge is -2.06. The van der Waals surface area contributed by atoms with Gasteiger partial charge in [0, 0.05) is 6.54 Å². The molecule has 1 aromatic heterocycles. The van der Waals surface area contributed by atoms with E-state index in [0.29, 0.717) is 18.2 Å². The highest BCUT2D eigenvalue weighted by molar-refractivity contribution is 5.49. The zero-order valence-corrected chi connectivity index (χ0v) is 8.77. The lowest BCUT2D eigenvalue weighted by molar-refractivity contribution is -0.402. The van der Waals surface area contributed by atoms with Crippen LogP contribution in [0.2, 0.25) is 0 Å². The van der Waals surface area contributed by atoms with E-state index < -0.39 is 4.92 Å². The summed E-state index contributed by atoms with van der Waals surface area (Å²) in [5.41, 5.74) is 6.54. The van der Waals surface area contributed by atoms with Crippen LogP contribution in [0.25, 0.3) is 6.08 Å². The summed E-state index contributed by atoms with van der Waals surface area (Å²) in [6.07, 6.45) is 1.75. The van der Waals surface area contributed by atoms with Gasteiger partial charge in [0.05, 0.1) is 6.07 Å². The van der Waals surface area contributed by atoms with Gasteiger partial charge in [0.1, 0.15) is 10.7 Å². The number of nitrogens with zero attached hydrogens (tertiary/aromatic N) is 1. The Morgan fingerprint density at radius 2 is 2.33 bits per heavy atom. The minimum Gasteiger partial charge on any atom is -0.401 e. The van der Waals surface area contributed by atoms with Gasteiger partial charge in [-0.25, -0.2) is 0 Å². The third-order valence-corrected chi connectivity index (χ3v) is 2.10. The van der Waals surface area contributed by atoms with Crippen molar-refractivity contribution in [3.63, 3.8) is 0 Å². The summed E-state index contributed by atoms with van der Waals surface area (Å²) < 4.78 is 5.00. The van der Waals surface area contributed by atoms with Crippen LogP contribution in [0.5, 0.6) is 0 Å². The van der Waals surface area contributed by atoms with Gasteiger partial charge in [0.15, 0.2) is 0 Å². The molecule has 0 aliphatic rings. The minimum atomic E-state index is -0.561. The summed E-state index contributed by atoms with van der Waals surface area (Å²) in [5.74, 6) is 0.524. The molecule has 5 heteroatoms. The van der Waals surface area contributed by atoms with Gasteiger partial charge in [-0.15, -0.1) is 0 Å². The molecule has 82 valence electrons. The molecule has 1 aromatic rings. The molecular formula is C10H14N2O3. The molecule has 0 aliphatic carbocycles. The highest BCUT2D eigenvalue weighted by atomic mass is 16.6. The number of hydrogen-bond donors (Lipinski definition) is 1. The third kappa shape index (κ3) is 2.92. The summed E-state index contributed by atoms with van der Waals surface area (Å²) in [7, 11) is 0. The Labute approximate surface area is 87.7 Å². The van der Waals surface area contributed by atoms with Crippen molar-refractivity contribution in [2.45, 2.75) is 13.8 Å². The first-order valence-electron chi connectivity index (χ1n) is 4.69. The molecule has 0 amide bonds. The summed E-state index contributed by atoms with van der Waals surface area (Å²) in [6.45, 7) is 4.44. The molecule has 2 N–H and O–H groups in total. The van der Waals surface area contributed by atoms with Crippen LogP contribution in [0.4, 0.5) is 5.88 Å². The number of rotatable bonds is 4. The number of furan rings is 1. The van der Waals surface area contributed by atoms with Crippen molar-refractivity contribution >= 4 is 12.0 Å². The van der Waals surface area contributed by atoms with Crippen molar-refractivity contribution < 1.29 is 9.34 Å². The molecule has 0 saturated carbocycles. The van der Waals surface area contributed by atoms with Gasteiger partial charge in [-0.1, -0.05) is 19.4 Å². The van der Waals surface area contributed by atoms with Crippen molar-refractivity contribution in [3.05, 3.63) is 33.6 Å². The summed E-state index contributed by atoms with van der Waals surface area (Å²) in [5, 5.41) is 10.4. The maximum atomic E-state index is 10.4. The van der Waals surface area contributed by atoms with Crippen LogP contribution in [0.1, 0.15) is 19.6 Å². The first-order chi connectivity index (χ1) is 7.04. The Morgan fingerprint density at radius 1 is 1.67 bits per heavy atom. The lowest BCUT2D eigenvalue weighted by atomic mass is 10.0. The maximum absolute atomic E-state index is 10.4. The molecule has 5 nitrogen and oxygen atoms in total. The summed E-state index contributed by atoms with van der Waals surface area (Å²) in [4.78, 5) is 9.81. The van der Waals surface area contributed by atoms with Gasteiger partial charge in [-0.3, -0.25) is 10.1 Å². The topological polar surface area (TPSA) is 82.3 Å². The van der Waals surface area contributed by atoms with Gasteiger partial charge < -0.3 is 10.2 Å². The standard InChI is InChI=1S/C10H14N2O3/c1-7(2)8(6-11)5-9-3-4-10(15-9)12(13)14/h3-5,7H,6,11H2,1-2H3. The second-order valence-electron chi connectivity index (χ2n) is 3.51. The molecule has 0 atom stereocenters. The van der Waals surface area contributed by atoms with Crippen molar-refractivity contribution in [2.24, 2.45) is 11.7 Å². The highest BCUT2D eigenvalue weighted by Crippen LogP contribution is 2.20. The Hall–Kier alpha value is -1.62. The normalized spacial score (nSPS) is 12.1. The molecule has 15 heavy (non-hydrogen) atoms.